The van der Waals surface area contributed by atoms with Gasteiger partial charge in [-0.1, -0.05) is 0 Å². The molecule has 0 amide bonds. The monoisotopic (exact) mass is 258 g/mol. The van der Waals surface area contributed by atoms with Gasteiger partial charge in [-0.05, 0) is 28.1 Å². The molecule has 1 N–H and O–H groups in total. The molecule has 0 spiro atoms. The molecular formula is C9H7BrO4. The van der Waals surface area contributed by atoms with Crippen molar-refractivity contribution in [2.75, 3.05) is 7.11 Å². The highest BCUT2D eigenvalue weighted by atomic mass is 79.9. The minimum Gasteiger partial charge on any atom is -0.495 e. The number of carboxylic acid groups (broad SMARTS) is 1. The van der Waals surface area contributed by atoms with Crippen molar-refractivity contribution < 1.29 is 19.4 Å². The highest BCUT2D eigenvalue weighted by molar-refractivity contribution is 9.10. The molecule has 0 bridgehead atoms. The molecule has 0 radical (unpaired) electrons. The average molecular weight is 259 g/mol. The lowest BCUT2D eigenvalue weighted by atomic mass is 10.1. The lowest BCUT2D eigenvalue weighted by Crippen LogP contribution is -2.02. The van der Waals surface area contributed by atoms with Gasteiger partial charge < -0.3 is 9.84 Å². The molecule has 0 aliphatic rings. The molecule has 4 nitrogen and oxygen atoms in total. The van der Waals surface area contributed by atoms with Crippen LogP contribution >= 0.6 is 15.9 Å². The Morgan fingerprint density at radius 3 is 2.64 bits per heavy atom. The van der Waals surface area contributed by atoms with Gasteiger partial charge in [-0.15, -0.1) is 0 Å². The molecule has 14 heavy (non-hydrogen) atoms. The number of hydrogen-bond donors (Lipinski definition) is 1. The number of aldehydes is 1. The van der Waals surface area contributed by atoms with E-state index in [1.54, 1.807) is 0 Å². The zero-order valence-electron chi connectivity index (χ0n) is 7.28. The van der Waals surface area contributed by atoms with Gasteiger partial charge in [0, 0.05) is 5.56 Å². The highest BCUT2D eigenvalue weighted by Gasteiger charge is 2.15. The molecule has 0 fully saturated rings. The smallest absolute Gasteiger partial charge is 0.339 e. The first-order chi connectivity index (χ1) is 6.60. The quantitative estimate of drug-likeness (QED) is 0.843. The summed E-state index contributed by atoms with van der Waals surface area (Å²) in [5.41, 5.74) is 0.249. The predicted molar refractivity (Wildman–Crippen MR) is 53.0 cm³/mol. The van der Waals surface area contributed by atoms with Crippen molar-refractivity contribution >= 4 is 28.2 Å². The third-order valence-corrected chi connectivity index (χ3v) is 2.23. The van der Waals surface area contributed by atoms with E-state index in [2.05, 4.69) is 15.9 Å². The van der Waals surface area contributed by atoms with E-state index >= 15 is 0 Å². The van der Waals surface area contributed by atoms with Gasteiger partial charge in [0.2, 0.25) is 0 Å². The molecule has 0 unspecified atom stereocenters. The Kier molecular flexibility index (Phi) is 3.24. The minimum atomic E-state index is -1.13. The summed E-state index contributed by atoms with van der Waals surface area (Å²) in [5.74, 6) is -0.922. The Labute approximate surface area is 88.6 Å². The molecular weight excluding hydrogens is 252 g/mol. The number of hydrogen-bond acceptors (Lipinski definition) is 3. The molecule has 0 aliphatic heterocycles. The summed E-state index contributed by atoms with van der Waals surface area (Å²) in [6.07, 6.45) is 0.580. The number of rotatable bonds is 3. The van der Waals surface area contributed by atoms with Gasteiger partial charge in [0.15, 0.2) is 0 Å². The Morgan fingerprint density at radius 2 is 2.21 bits per heavy atom. The predicted octanol–water partition coefficient (Wildman–Crippen LogP) is 1.97. The average Bonchev–Trinajstić information content (AvgIpc) is 2.16. The van der Waals surface area contributed by atoms with E-state index in [0.29, 0.717) is 10.8 Å². The van der Waals surface area contributed by atoms with E-state index in [0.717, 1.165) is 0 Å². The first kappa shape index (κ1) is 10.7. The fourth-order valence-corrected chi connectivity index (χ4v) is 1.69. The molecule has 5 heteroatoms. The van der Waals surface area contributed by atoms with Crippen LogP contribution in [0.15, 0.2) is 16.6 Å². The summed E-state index contributed by atoms with van der Waals surface area (Å²) in [5, 5.41) is 8.82. The maximum absolute atomic E-state index is 10.8. The van der Waals surface area contributed by atoms with Crippen molar-refractivity contribution in [1.82, 2.24) is 0 Å². The van der Waals surface area contributed by atoms with Gasteiger partial charge in [-0.2, -0.15) is 0 Å². The maximum atomic E-state index is 10.8. The lowest BCUT2D eigenvalue weighted by Gasteiger charge is -2.07. The normalized spacial score (nSPS) is 9.57. The SMILES string of the molecule is COc1c(Br)cc(C=O)cc1C(=O)O. The summed E-state index contributed by atoms with van der Waals surface area (Å²) >= 11 is 3.12. The summed E-state index contributed by atoms with van der Waals surface area (Å²) < 4.78 is 5.34. The zero-order valence-corrected chi connectivity index (χ0v) is 8.87. The van der Waals surface area contributed by atoms with Crippen molar-refractivity contribution in [3.63, 3.8) is 0 Å². The fourth-order valence-electron chi connectivity index (χ4n) is 1.05. The highest BCUT2D eigenvalue weighted by Crippen LogP contribution is 2.30. The molecule has 0 saturated carbocycles. The van der Waals surface area contributed by atoms with E-state index in [4.69, 9.17) is 9.84 Å². The zero-order chi connectivity index (χ0) is 10.7. The number of carbonyl (C=O) groups excluding carboxylic acids is 1. The number of halogens is 1. The van der Waals surface area contributed by atoms with Crippen molar-refractivity contribution in [2.45, 2.75) is 0 Å². The first-order valence-corrected chi connectivity index (χ1v) is 4.45. The molecule has 0 aromatic heterocycles. The second-order valence-corrected chi connectivity index (χ2v) is 3.36. The molecule has 0 atom stereocenters. The van der Waals surface area contributed by atoms with E-state index in [-0.39, 0.29) is 16.9 Å². The standard InChI is InChI=1S/C9H7BrO4/c1-14-8-6(9(12)13)2-5(4-11)3-7(8)10/h2-4H,1H3,(H,12,13). The van der Waals surface area contributed by atoms with Crippen molar-refractivity contribution in [3.8, 4) is 5.75 Å². The molecule has 1 rings (SSSR count). The topological polar surface area (TPSA) is 63.6 Å². The minimum absolute atomic E-state index is 0.0380. The maximum Gasteiger partial charge on any atom is 0.339 e. The summed E-state index contributed by atoms with van der Waals surface area (Å²) in [7, 11) is 1.37. The van der Waals surface area contributed by atoms with Crippen molar-refractivity contribution in [3.05, 3.63) is 27.7 Å². The van der Waals surface area contributed by atoms with Gasteiger partial charge in [0.1, 0.15) is 17.6 Å². The third kappa shape index (κ3) is 1.93. The summed E-state index contributed by atoms with van der Waals surface area (Å²) in [6.45, 7) is 0. The second kappa shape index (κ2) is 4.23. The lowest BCUT2D eigenvalue weighted by molar-refractivity contribution is 0.0693. The van der Waals surface area contributed by atoms with Crippen LogP contribution in [0.5, 0.6) is 5.75 Å². The molecule has 74 valence electrons. The molecule has 0 heterocycles. The van der Waals surface area contributed by atoms with Crippen LogP contribution in [0.25, 0.3) is 0 Å². The Morgan fingerprint density at radius 1 is 1.57 bits per heavy atom. The molecule has 0 aliphatic carbocycles. The van der Waals surface area contributed by atoms with Crippen LogP contribution in [0.2, 0.25) is 0 Å². The van der Waals surface area contributed by atoms with Crippen molar-refractivity contribution in [1.29, 1.82) is 0 Å². The van der Waals surface area contributed by atoms with E-state index in [1.807, 2.05) is 0 Å². The Hall–Kier alpha value is -1.36. The van der Waals surface area contributed by atoms with Gasteiger partial charge in [-0.25, -0.2) is 4.79 Å². The molecule has 1 aromatic rings. The number of ether oxygens (including phenoxy) is 1. The van der Waals surface area contributed by atoms with Crippen molar-refractivity contribution in [2.24, 2.45) is 0 Å². The van der Waals surface area contributed by atoms with E-state index < -0.39 is 5.97 Å². The summed E-state index contributed by atoms with van der Waals surface area (Å²) in [4.78, 5) is 21.3. The summed E-state index contributed by atoms with van der Waals surface area (Å²) in [6, 6.07) is 2.76. The van der Waals surface area contributed by atoms with Gasteiger partial charge in [0.25, 0.3) is 0 Å². The molecule has 0 saturated heterocycles. The van der Waals surface area contributed by atoms with Crippen LogP contribution in [0.4, 0.5) is 0 Å². The van der Waals surface area contributed by atoms with Crippen LogP contribution in [0, 0.1) is 0 Å². The van der Waals surface area contributed by atoms with Gasteiger partial charge >= 0.3 is 5.97 Å². The number of methoxy groups -OCH3 is 1. The Balaban J connectivity index is 3.42. The van der Waals surface area contributed by atoms with Crippen LogP contribution in [-0.4, -0.2) is 24.5 Å². The largest absolute Gasteiger partial charge is 0.495 e. The van der Waals surface area contributed by atoms with Gasteiger partial charge in [-0.3, -0.25) is 4.79 Å². The second-order valence-electron chi connectivity index (χ2n) is 2.51. The van der Waals surface area contributed by atoms with E-state index in [9.17, 15) is 9.59 Å². The fraction of sp³-hybridized carbons (Fsp3) is 0.111. The number of benzene rings is 1. The Bertz CT molecular complexity index is 387. The number of carbonyl (C=O) groups is 2. The molecule has 1 aromatic carbocycles. The first-order valence-electron chi connectivity index (χ1n) is 3.66. The number of carboxylic acids is 1. The van der Waals surface area contributed by atoms with Crippen LogP contribution in [0.3, 0.4) is 0 Å². The number of aromatic carboxylic acids is 1. The van der Waals surface area contributed by atoms with Gasteiger partial charge in [0.05, 0.1) is 11.6 Å². The van der Waals surface area contributed by atoms with E-state index in [1.165, 1.54) is 19.2 Å². The third-order valence-electron chi connectivity index (χ3n) is 1.64. The van der Waals surface area contributed by atoms with Crippen LogP contribution in [0.1, 0.15) is 20.7 Å². The van der Waals surface area contributed by atoms with Crippen LogP contribution < -0.4 is 4.74 Å². The van der Waals surface area contributed by atoms with Crippen LogP contribution in [-0.2, 0) is 0 Å².